The number of amides is 1. The monoisotopic (exact) mass is 327 g/mol. The van der Waals surface area contributed by atoms with Crippen molar-refractivity contribution in [1.82, 2.24) is 15.1 Å². The molecule has 1 fully saturated rings. The Kier molecular flexibility index (Phi) is 3.92. The Morgan fingerprint density at radius 2 is 2.25 bits per heavy atom. The third-order valence-corrected chi connectivity index (χ3v) is 4.77. The number of rotatable bonds is 2. The summed E-state index contributed by atoms with van der Waals surface area (Å²) in [4.78, 5) is 15.7. The normalized spacial score (nSPS) is 18.5. The highest BCUT2D eigenvalue weighted by Gasteiger charge is 2.32. The molecule has 0 N–H and O–H groups in total. The summed E-state index contributed by atoms with van der Waals surface area (Å²) in [5, 5.41) is 9.62. The predicted octanol–water partition coefficient (Wildman–Crippen LogP) is 3.82. The summed E-state index contributed by atoms with van der Waals surface area (Å²) < 4.78 is 0. The summed E-state index contributed by atoms with van der Waals surface area (Å²) in [7, 11) is 0. The van der Waals surface area contributed by atoms with Gasteiger partial charge in [-0.05, 0) is 30.4 Å². The molecule has 0 saturated carbocycles. The molecule has 104 valence electrons. The third-order valence-electron chi connectivity index (χ3n) is 3.33. The molecule has 3 heterocycles. The Labute approximate surface area is 130 Å². The van der Waals surface area contributed by atoms with Crippen LogP contribution in [-0.2, 0) is 0 Å². The number of carbonyl (C=O) groups excluding carboxylic acids is 1. The van der Waals surface area contributed by atoms with Crippen molar-refractivity contribution in [2.45, 2.75) is 18.9 Å². The maximum Gasteiger partial charge on any atom is 0.257 e. The maximum atomic E-state index is 12.6. The summed E-state index contributed by atoms with van der Waals surface area (Å²) in [6.45, 7) is 0.720. The molecule has 4 nitrogen and oxygen atoms in total. The van der Waals surface area contributed by atoms with E-state index in [2.05, 4.69) is 16.3 Å². The lowest BCUT2D eigenvalue weighted by Crippen LogP contribution is -2.30. The Morgan fingerprint density at radius 3 is 3.00 bits per heavy atom. The molecule has 7 heteroatoms. The summed E-state index contributed by atoms with van der Waals surface area (Å²) in [6, 6.07) is 5.65. The van der Waals surface area contributed by atoms with Gasteiger partial charge in [0.2, 0.25) is 0 Å². The van der Waals surface area contributed by atoms with Gasteiger partial charge >= 0.3 is 0 Å². The Balaban J connectivity index is 1.91. The first kappa shape index (κ1) is 13.8. The van der Waals surface area contributed by atoms with E-state index in [1.807, 2.05) is 16.3 Å². The number of thiophene rings is 1. The van der Waals surface area contributed by atoms with Gasteiger partial charge in [-0.1, -0.05) is 29.3 Å². The van der Waals surface area contributed by atoms with E-state index in [0.717, 1.165) is 19.4 Å². The van der Waals surface area contributed by atoms with Gasteiger partial charge in [-0.3, -0.25) is 4.79 Å². The van der Waals surface area contributed by atoms with E-state index in [1.54, 1.807) is 11.3 Å². The number of likely N-dealkylation sites (tertiary alicyclic amines) is 1. The van der Waals surface area contributed by atoms with Crippen molar-refractivity contribution in [3.63, 3.8) is 0 Å². The second kappa shape index (κ2) is 5.68. The lowest BCUT2D eigenvalue weighted by molar-refractivity contribution is 0.0737. The molecule has 1 aliphatic rings. The number of hydrogen-bond acceptors (Lipinski definition) is 4. The first-order valence-corrected chi connectivity index (χ1v) is 7.83. The standard InChI is InChI=1S/C13H11Cl2N3OS/c14-11-7-8(12(15)17-16-11)13(19)18-5-1-3-9(18)10-4-2-6-20-10/h2,4,6-7,9H,1,3,5H2. The Hall–Kier alpha value is -1.17. The van der Waals surface area contributed by atoms with Crippen LogP contribution >= 0.6 is 34.5 Å². The lowest BCUT2D eigenvalue weighted by atomic mass is 10.1. The zero-order valence-electron chi connectivity index (χ0n) is 10.4. The molecular formula is C13H11Cl2N3OS. The molecule has 0 aromatic carbocycles. The Bertz CT molecular complexity index is 633. The van der Waals surface area contributed by atoms with Crippen molar-refractivity contribution < 1.29 is 4.79 Å². The quantitative estimate of drug-likeness (QED) is 0.842. The minimum Gasteiger partial charge on any atom is -0.331 e. The van der Waals surface area contributed by atoms with Gasteiger partial charge in [0, 0.05) is 11.4 Å². The second-order valence-electron chi connectivity index (χ2n) is 4.54. The fourth-order valence-electron chi connectivity index (χ4n) is 2.44. The first-order valence-electron chi connectivity index (χ1n) is 6.20. The third kappa shape index (κ3) is 2.53. The average Bonchev–Trinajstić information content (AvgIpc) is 3.10. The molecule has 1 atom stereocenters. The second-order valence-corrected chi connectivity index (χ2v) is 6.27. The van der Waals surface area contributed by atoms with E-state index < -0.39 is 0 Å². The van der Waals surface area contributed by atoms with Gasteiger partial charge < -0.3 is 4.90 Å². The van der Waals surface area contributed by atoms with Crippen molar-refractivity contribution >= 4 is 40.4 Å². The highest BCUT2D eigenvalue weighted by Crippen LogP contribution is 2.36. The minimum atomic E-state index is -0.136. The molecular weight excluding hydrogens is 317 g/mol. The van der Waals surface area contributed by atoms with Crippen molar-refractivity contribution in [2.75, 3.05) is 6.54 Å². The van der Waals surface area contributed by atoms with E-state index in [0.29, 0.717) is 5.56 Å². The zero-order chi connectivity index (χ0) is 14.1. The minimum absolute atomic E-state index is 0.0937. The van der Waals surface area contributed by atoms with Crippen molar-refractivity contribution in [3.8, 4) is 0 Å². The van der Waals surface area contributed by atoms with E-state index >= 15 is 0 Å². The van der Waals surface area contributed by atoms with Gasteiger partial charge in [0.25, 0.3) is 5.91 Å². The van der Waals surface area contributed by atoms with Gasteiger partial charge in [-0.25, -0.2) is 0 Å². The highest BCUT2D eigenvalue weighted by molar-refractivity contribution is 7.10. The van der Waals surface area contributed by atoms with E-state index in [4.69, 9.17) is 23.2 Å². The summed E-state index contributed by atoms with van der Waals surface area (Å²) in [5.74, 6) is -0.136. The first-order chi connectivity index (χ1) is 9.66. The zero-order valence-corrected chi connectivity index (χ0v) is 12.8. The summed E-state index contributed by atoms with van der Waals surface area (Å²) in [5.41, 5.74) is 0.315. The lowest BCUT2D eigenvalue weighted by Gasteiger charge is -2.24. The number of aromatic nitrogens is 2. The fraction of sp³-hybridized carbons (Fsp3) is 0.308. The van der Waals surface area contributed by atoms with Gasteiger partial charge in [0.1, 0.15) is 0 Å². The van der Waals surface area contributed by atoms with Crippen LogP contribution in [-0.4, -0.2) is 27.5 Å². The largest absolute Gasteiger partial charge is 0.331 e. The van der Waals surface area contributed by atoms with Crippen LogP contribution in [0.2, 0.25) is 10.3 Å². The number of hydrogen-bond donors (Lipinski definition) is 0. The van der Waals surface area contributed by atoms with Crippen molar-refractivity contribution in [1.29, 1.82) is 0 Å². The van der Waals surface area contributed by atoms with Crippen LogP contribution in [0.25, 0.3) is 0 Å². The Morgan fingerprint density at radius 1 is 1.40 bits per heavy atom. The number of carbonyl (C=O) groups is 1. The SMILES string of the molecule is O=C(c1cc(Cl)nnc1Cl)N1CCCC1c1cccs1. The van der Waals surface area contributed by atoms with Crippen LogP contribution in [0.15, 0.2) is 23.6 Å². The van der Waals surface area contributed by atoms with Gasteiger partial charge in [-0.15, -0.1) is 21.5 Å². The number of nitrogens with zero attached hydrogens (tertiary/aromatic N) is 3. The molecule has 0 radical (unpaired) electrons. The van der Waals surface area contributed by atoms with Gasteiger partial charge in [0.05, 0.1) is 11.6 Å². The maximum absolute atomic E-state index is 12.6. The van der Waals surface area contributed by atoms with Crippen LogP contribution in [0, 0.1) is 0 Å². The molecule has 0 aliphatic carbocycles. The topological polar surface area (TPSA) is 46.1 Å². The van der Waals surface area contributed by atoms with E-state index in [1.165, 1.54) is 10.9 Å². The molecule has 1 amide bonds. The molecule has 3 rings (SSSR count). The molecule has 1 unspecified atom stereocenters. The molecule has 2 aromatic rings. The summed E-state index contributed by atoms with van der Waals surface area (Å²) in [6.07, 6.45) is 1.95. The number of halogens is 2. The smallest absolute Gasteiger partial charge is 0.257 e. The van der Waals surface area contributed by atoms with Gasteiger partial charge in [0.15, 0.2) is 10.3 Å². The molecule has 1 aliphatic heterocycles. The van der Waals surface area contributed by atoms with Crippen LogP contribution in [0.4, 0.5) is 0 Å². The fourth-order valence-corrected chi connectivity index (χ4v) is 3.64. The van der Waals surface area contributed by atoms with Crippen molar-refractivity contribution in [3.05, 3.63) is 44.3 Å². The predicted molar refractivity (Wildman–Crippen MR) is 79.4 cm³/mol. The van der Waals surface area contributed by atoms with Crippen LogP contribution in [0.3, 0.4) is 0 Å². The summed E-state index contributed by atoms with van der Waals surface area (Å²) >= 11 is 13.4. The molecule has 0 spiro atoms. The molecule has 20 heavy (non-hydrogen) atoms. The van der Waals surface area contributed by atoms with Gasteiger partial charge in [-0.2, -0.15) is 0 Å². The van der Waals surface area contributed by atoms with Crippen molar-refractivity contribution in [2.24, 2.45) is 0 Å². The average molecular weight is 328 g/mol. The van der Waals surface area contributed by atoms with E-state index in [-0.39, 0.29) is 22.3 Å². The van der Waals surface area contributed by atoms with E-state index in [9.17, 15) is 4.79 Å². The van der Waals surface area contributed by atoms with Crippen LogP contribution in [0.5, 0.6) is 0 Å². The van der Waals surface area contributed by atoms with Crippen LogP contribution < -0.4 is 0 Å². The molecule has 1 saturated heterocycles. The highest BCUT2D eigenvalue weighted by atomic mass is 35.5. The molecule has 2 aromatic heterocycles. The molecule has 0 bridgehead atoms. The van der Waals surface area contributed by atoms with Crippen LogP contribution in [0.1, 0.15) is 34.1 Å².